The summed E-state index contributed by atoms with van der Waals surface area (Å²) >= 11 is 0. The van der Waals surface area contributed by atoms with Crippen LogP contribution in [0.4, 0.5) is 5.69 Å². The van der Waals surface area contributed by atoms with Gasteiger partial charge in [-0.05, 0) is 50.6 Å². The van der Waals surface area contributed by atoms with Crippen molar-refractivity contribution >= 4 is 21.6 Å². The summed E-state index contributed by atoms with van der Waals surface area (Å²) in [6, 6.07) is 11.6. The molecule has 9 heteroatoms. The van der Waals surface area contributed by atoms with Gasteiger partial charge < -0.3 is 9.88 Å². The van der Waals surface area contributed by atoms with Gasteiger partial charge in [0, 0.05) is 30.8 Å². The van der Waals surface area contributed by atoms with Crippen molar-refractivity contribution in [2.75, 3.05) is 11.3 Å². The fourth-order valence-electron chi connectivity index (χ4n) is 2.97. The first kappa shape index (κ1) is 21.5. The number of benzene rings is 2. The highest BCUT2D eigenvalue weighted by Gasteiger charge is 2.18. The summed E-state index contributed by atoms with van der Waals surface area (Å²) in [5.74, 6) is 0.454. The third-order valence-electron chi connectivity index (χ3n) is 4.74. The summed E-state index contributed by atoms with van der Waals surface area (Å²) in [6.07, 6.45) is 2.18. The van der Waals surface area contributed by atoms with Gasteiger partial charge in [-0.2, -0.15) is 0 Å². The number of nitrogens with one attached hydrogen (secondary N) is 2. The molecule has 0 fully saturated rings. The molecule has 0 radical (unpaired) electrons. The van der Waals surface area contributed by atoms with Crippen LogP contribution in [0.5, 0.6) is 0 Å². The van der Waals surface area contributed by atoms with E-state index in [4.69, 9.17) is 0 Å². The highest BCUT2D eigenvalue weighted by molar-refractivity contribution is 7.92. The van der Waals surface area contributed by atoms with Crippen molar-refractivity contribution in [1.82, 2.24) is 20.1 Å². The number of anilines is 1. The van der Waals surface area contributed by atoms with Gasteiger partial charge in [0.05, 0.1) is 4.90 Å². The number of aromatic nitrogens is 3. The standard InChI is InChI=1S/C21H25N5O3S/c1-4-26-14-23-24-20(26)11-12-22-21(27)19-13-18(10-7-16(19)3)30(28,29)25-17-8-5-15(2)6-9-17/h5-10,13-14,25H,4,11-12H2,1-3H3,(H,22,27). The van der Waals surface area contributed by atoms with Crippen molar-refractivity contribution in [3.8, 4) is 0 Å². The molecule has 3 rings (SSSR count). The van der Waals surface area contributed by atoms with Crippen molar-refractivity contribution in [1.29, 1.82) is 0 Å². The lowest BCUT2D eigenvalue weighted by Crippen LogP contribution is -2.27. The van der Waals surface area contributed by atoms with Gasteiger partial charge in [0.15, 0.2) is 0 Å². The minimum absolute atomic E-state index is 0.0320. The van der Waals surface area contributed by atoms with Crippen LogP contribution in [0.15, 0.2) is 53.7 Å². The highest BCUT2D eigenvalue weighted by atomic mass is 32.2. The van der Waals surface area contributed by atoms with E-state index < -0.39 is 10.0 Å². The van der Waals surface area contributed by atoms with E-state index in [1.807, 2.05) is 30.5 Å². The average Bonchev–Trinajstić information content (AvgIpc) is 3.17. The maximum absolute atomic E-state index is 12.8. The molecule has 0 saturated carbocycles. The van der Waals surface area contributed by atoms with E-state index in [1.165, 1.54) is 12.1 Å². The van der Waals surface area contributed by atoms with Gasteiger partial charge in [-0.15, -0.1) is 10.2 Å². The zero-order valence-electron chi connectivity index (χ0n) is 17.2. The van der Waals surface area contributed by atoms with E-state index in [1.54, 1.807) is 31.5 Å². The van der Waals surface area contributed by atoms with E-state index in [9.17, 15) is 13.2 Å². The molecular formula is C21H25N5O3S. The Morgan fingerprint density at radius 1 is 1.10 bits per heavy atom. The van der Waals surface area contributed by atoms with Crippen LogP contribution in [0.1, 0.15) is 34.2 Å². The largest absolute Gasteiger partial charge is 0.352 e. The first-order valence-corrected chi connectivity index (χ1v) is 11.1. The summed E-state index contributed by atoms with van der Waals surface area (Å²) in [5, 5.41) is 10.7. The van der Waals surface area contributed by atoms with Gasteiger partial charge in [0.1, 0.15) is 12.2 Å². The molecule has 1 aromatic heterocycles. The summed E-state index contributed by atoms with van der Waals surface area (Å²) in [4.78, 5) is 12.7. The first-order chi connectivity index (χ1) is 14.3. The van der Waals surface area contributed by atoms with Gasteiger partial charge in [0.2, 0.25) is 0 Å². The fraction of sp³-hybridized carbons (Fsp3) is 0.286. The maximum Gasteiger partial charge on any atom is 0.261 e. The molecule has 8 nitrogen and oxygen atoms in total. The van der Waals surface area contributed by atoms with Gasteiger partial charge in [0.25, 0.3) is 15.9 Å². The zero-order valence-corrected chi connectivity index (χ0v) is 18.0. The second-order valence-electron chi connectivity index (χ2n) is 6.99. The number of hydrogen-bond acceptors (Lipinski definition) is 5. The molecule has 0 unspecified atom stereocenters. The van der Waals surface area contributed by atoms with Gasteiger partial charge in [-0.1, -0.05) is 23.8 Å². The Labute approximate surface area is 176 Å². The lowest BCUT2D eigenvalue weighted by atomic mass is 10.1. The maximum atomic E-state index is 12.8. The summed E-state index contributed by atoms with van der Waals surface area (Å²) in [6.45, 7) is 6.81. The number of amides is 1. The molecule has 158 valence electrons. The SMILES string of the molecule is CCn1cnnc1CCNC(=O)c1cc(S(=O)(=O)Nc2ccc(C)cc2)ccc1C. The number of hydrogen-bond donors (Lipinski definition) is 2. The van der Waals surface area contributed by atoms with Crippen molar-refractivity contribution in [2.45, 2.75) is 38.6 Å². The number of aryl methyl sites for hydroxylation is 3. The van der Waals surface area contributed by atoms with Crippen LogP contribution in [-0.4, -0.2) is 35.6 Å². The van der Waals surface area contributed by atoms with E-state index in [-0.39, 0.29) is 10.8 Å². The van der Waals surface area contributed by atoms with E-state index in [2.05, 4.69) is 20.2 Å². The Balaban J connectivity index is 1.72. The number of rotatable bonds is 8. The lowest BCUT2D eigenvalue weighted by molar-refractivity contribution is 0.0953. The smallest absolute Gasteiger partial charge is 0.261 e. The minimum Gasteiger partial charge on any atom is -0.352 e. The minimum atomic E-state index is -3.82. The van der Waals surface area contributed by atoms with Crippen LogP contribution in [0, 0.1) is 13.8 Å². The molecular weight excluding hydrogens is 402 g/mol. The third kappa shape index (κ3) is 5.04. The van der Waals surface area contributed by atoms with Crippen LogP contribution in [0.3, 0.4) is 0 Å². The molecule has 3 aromatic rings. The summed E-state index contributed by atoms with van der Waals surface area (Å²) < 4.78 is 30.0. The van der Waals surface area contributed by atoms with Crippen LogP contribution < -0.4 is 10.0 Å². The van der Waals surface area contributed by atoms with Crippen molar-refractivity contribution in [2.24, 2.45) is 0 Å². The zero-order chi connectivity index (χ0) is 21.7. The molecule has 2 N–H and O–H groups in total. The molecule has 1 heterocycles. The van der Waals surface area contributed by atoms with Crippen LogP contribution >= 0.6 is 0 Å². The van der Waals surface area contributed by atoms with Crippen LogP contribution in [0.2, 0.25) is 0 Å². The molecule has 2 aromatic carbocycles. The normalized spacial score (nSPS) is 11.3. The molecule has 0 atom stereocenters. The van der Waals surface area contributed by atoms with Gasteiger partial charge in [-0.25, -0.2) is 8.42 Å². The lowest BCUT2D eigenvalue weighted by Gasteiger charge is -2.12. The molecule has 0 bridgehead atoms. The molecule has 30 heavy (non-hydrogen) atoms. The fourth-order valence-corrected chi connectivity index (χ4v) is 4.05. The Morgan fingerprint density at radius 2 is 1.83 bits per heavy atom. The van der Waals surface area contributed by atoms with Crippen molar-refractivity contribution in [3.05, 3.63) is 71.3 Å². The second-order valence-corrected chi connectivity index (χ2v) is 8.67. The third-order valence-corrected chi connectivity index (χ3v) is 6.12. The van der Waals surface area contributed by atoms with Crippen LogP contribution in [-0.2, 0) is 23.0 Å². The monoisotopic (exact) mass is 427 g/mol. The molecule has 0 spiro atoms. The quantitative estimate of drug-likeness (QED) is 0.575. The number of sulfonamides is 1. The molecule has 0 saturated heterocycles. The van der Waals surface area contributed by atoms with E-state index >= 15 is 0 Å². The molecule has 1 amide bonds. The van der Waals surface area contributed by atoms with Gasteiger partial charge in [-0.3, -0.25) is 9.52 Å². The summed E-state index contributed by atoms with van der Waals surface area (Å²) in [7, 11) is -3.82. The molecule has 0 aliphatic heterocycles. The second kappa shape index (κ2) is 9.08. The number of nitrogens with zero attached hydrogens (tertiary/aromatic N) is 3. The van der Waals surface area contributed by atoms with E-state index in [0.29, 0.717) is 29.8 Å². The number of carbonyl (C=O) groups is 1. The van der Waals surface area contributed by atoms with E-state index in [0.717, 1.165) is 17.9 Å². The Bertz CT molecular complexity index is 1140. The van der Waals surface area contributed by atoms with Gasteiger partial charge >= 0.3 is 0 Å². The predicted octanol–water partition coefficient (Wildman–Crippen LogP) is 2.69. The van der Waals surface area contributed by atoms with Crippen LogP contribution in [0.25, 0.3) is 0 Å². The Kier molecular flexibility index (Phi) is 6.51. The number of carbonyl (C=O) groups excluding carboxylic acids is 1. The molecule has 0 aliphatic rings. The first-order valence-electron chi connectivity index (χ1n) is 9.65. The van der Waals surface area contributed by atoms with Crippen molar-refractivity contribution < 1.29 is 13.2 Å². The topological polar surface area (TPSA) is 106 Å². The predicted molar refractivity (Wildman–Crippen MR) is 115 cm³/mol. The molecule has 0 aliphatic carbocycles. The Morgan fingerprint density at radius 3 is 2.53 bits per heavy atom. The highest BCUT2D eigenvalue weighted by Crippen LogP contribution is 2.20. The summed E-state index contributed by atoms with van der Waals surface area (Å²) in [5.41, 5.74) is 2.51. The average molecular weight is 428 g/mol. The Hall–Kier alpha value is -3.20. The van der Waals surface area contributed by atoms with Crippen molar-refractivity contribution in [3.63, 3.8) is 0 Å².